The largest absolute Gasteiger partial charge is 0.317 e. The maximum Gasteiger partial charge on any atom is 0.00670 e. The van der Waals surface area contributed by atoms with Gasteiger partial charge < -0.3 is 10.6 Å². The third-order valence-corrected chi connectivity index (χ3v) is 4.04. The van der Waals surface area contributed by atoms with Crippen LogP contribution in [0.3, 0.4) is 0 Å². The lowest BCUT2D eigenvalue weighted by Crippen LogP contribution is -2.34. The molecule has 1 atom stereocenters. The van der Waals surface area contributed by atoms with E-state index in [0.29, 0.717) is 0 Å². The molecule has 2 heteroatoms. The molecule has 0 bridgehead atoms. The molecular formula is C13H26N2. The summed E-state index contributed by atoms with van der Waals surface area (Å²) in [5.74, 6) is 1.02. The molecule has 1 unspecified atom stereocenters. The van der Waals surface area contributed by atoms with Gasteiger partial charge in [-0.2, -0.15) is 0 Å². The Labute approximate surface area is 94.2 Å². The molecule has 15 heavy (non-hydrogen) atoms. The molecule has 2 N–H and O–H groups in total. The first-order valence-electron chi connectivity index (χ1n) is 6.89. The summed E-state index contributed by atoms with van der Waals surface area (Å²) in [5, 5.41) is 7.09. The molecule has 0 amide bonds. The van der Waals surface area contributed by atoms with Crippen molar-refractivity contribution in [2.24, 2.45) is 5.92 Å². The van der Waals surface area contributed by atoms with Crippen molar-refractivity contribution in [2.45, 2.75) is 57.4 Å². The van der Waals surface area contributed by atoms with E-state index >= 15 is 0 Å². The van der Waals surface area contributed by atoms with Crippen molar-refractivity contribution in [3.8, 4) is 0 Å². The molecule has 2 aliphatic rings. The average molecular weight is 210 g/mol. The van der Waals surface area contributed by atoms with E-state index in [2.05, 4.69) is 10.6 Å². The van der Waals surface area contributed by atoms with Crippen LogP contribution in [0, 0.1) is 5.92 Å². The van der Waals surface area contributed by atoms with Crippen molar-refractivity contribution in [2.75, 3.05) is 19.6 Å². The van der Waals surface area contributed by atoms with Gasteiger partial charge in [0.15, 0.2) is 0 Å². The predicted molar refractivity (Wildman–Crippen MR) is 65.1 cm³/mol. The summed E-state index contributed by atoms with van der Waals surface area (Å²) in [4.78, 5) is 0. The van der Waals surface area contributed by atoms with Crippen LogP contribution >= 0.6 is 0 Å². The summed E-state index contributed by atoms with van der Waals surface area (Å²) in [5.41, 5.74) is 0. The Hall–Kier alpha value is -0.0800. The first kappa shape index (κ1) is 11.4. The minimum absolute atomic E-state index is 0.848. The summed E-state index contributed by atoms with van der Waals surface area (Å²) in [7, 11) is 0. The number of hydrogen-bond acceptors (Lipinski definition) is 2. The van der Waals surface area contributed by atoms with Crippen molar-refractivity contribution >= 4 is 0 Å². The van der Waals surface area contributed by atoms with Crippen LogP contribution < -0.4 is 10.6 Å². The van der Waals surface area contributed by atoms with Crippen molar-refractivity contribution < 1.29 is 0 Å². The maximum atomic E-state index is 3.64. The van der Waals surface area contributed by atoms with Crippen LogP contribution in [-0.2, 0) is 0 Å². The quantitative estimate of drug-likeness (QED) is 0.744. The molecule has 88 valence electrons. The Morgan fingerprint density at radius 3 is 2.47 bits per heavy atom. The molecule has 0 aromatic carbocycles. The minimum atomic E-state index is 0.848. The van der Waals surface area contributed by atoms with E-state index in [1.54, 1.807) is 0 Å². The highest BCUT2D eigenvalue weighted by Gasteiger charge is 2.15. The smallest absolute Gasteiger partial charge is 0.00670 e. The van der Waals surface area contributed by atoms with Gasteiger partial charge in [-0.3, -0.25) is 0 Å². The molecule has 0 radical (unpaired) electrons. The lowest BCUT2D eigenvalue weighted by atomic mass is 9.90. The fourth-order valence-electron chi connectivity index (χ4n) is 2.99. The van der Waals surface area contributed by atoms with Crippen molar-refractivity contribution in [1.29, 1.82) is 0 Å². The first-order chi connectivity index (χ1) is 7.45. The van der Waals surface area contributed by atoms with Gasteiger partial charge in [-0.05, 0) is 57.7 Å². The standard InChI is InChI=1S/C13H26N2/c1-2-9-15-13(5-1)6-3-4-12-7-10-14-11-8-12/h12-15H,1-11H2. The molecule has 0 aromatic heterocycles. The van der Waals surface area contributed by atoms with Crippen LogP contribution in [0.1, 0.15) is 51.4 Å². The zero-order valence-electron chi connectivity index (χ0n) is 9.93. The van der Waals surface area contributed by atoms with Gasteiger partial charge in [0.2, 0.25) is 0 Å². The van der Waals surface area contributed by atoms with Gasteiger partial charge in [0.05, 0.1) is 0 Å². The lowest BCUT2D eigenvalue weighted by molar-refractivity contribution is 0.319. The van der Waals surface area contributed by atoms with Gasteiger partial charge in [-0.25, -0.2) is 0 Å². The van der Waals surface area contributed by atoms with E-state index in [0.717, 1.165) is 12.0 Å². The lowest BCUT2D eigenvalue weighted by Gasteiger charge is -2.26. The Morgan fingerprint density at radius 1 is 0.867 bits per heavy atom. The summed E-state index contributed by atoms with van der Waals surface area (Å²) < 4.78 is 0. The summed E-state index contributed by atoms with van der Waals surface area (Å²) in [6.45, 7) is 3.77. The predicted octanol–water partition coefficient (Wildman–Crippen LogP) is 2.30. The number of piperidine rings is 2. The van der Waals surface area contributed by atoms with Gasteiger partial charge in [0.25, 0.3) is 0 Å². The van der Waals surface area contributed by atoms with Crippen molar-refractivity contribution in [1.82, 2.24) is 10.6 Å². The molecule has 2 saturated heterocycles. The second-order valence-electron chi connectivity index (χ2n) is 5.27. The van der Waals surface area contributed by atoms with Crippen LogP contribution in [0.25, 0.3) is 0 Å². The van der Waals surface area contributed by atoms with Crippen LogP contribution in [-0.4, -0.2) is 25.7 Å². The van der Waals surface area contributed by atoms with Crippen LogP contribution in [0.15, 0.2) is 0 Å². The summed E-state index contributed by atoms with van der Waals surface area (Å²) in [6, 6.07) is 0.848. The first-order valence-corrected chi connectivity index (χ1v) is 6.89. The molecule has 2 rings (SSSR count). The summed E-state index contributed by atoms with van der Waals surface area (Å²) in [6.07, 6.45) is 11.4. The molecule has 0 aromatic rings. The van der Waals surface area contributed by atoms with Crippen molar-refractivity contribution in [3.05, 3.63) is 0 Å². The molecule has 0 spiro atoms. The normalized spacial score (nSPS) is 29.2. The van der Waals surface area contributed by atoms with Crippen molar-refractivity contribution in [3.63, 3.8) is 0 Å². The zero-order valence-corrected chi connectivity index (χ0v) is 9.93. The zero-order chi connectivity index (χ0) is 10.3. The fourth-order valence-corrected chi connectivity index (χ4v) is 2.99. The van der Waals surface area contributed by atoms with E-state index in [-0.39, 0.29) is 0 Å². The molecule has 2 aliphatic heterocycles. The van der Waals surface area contributed by atoms with E-state index in [1.165, 1.54) is 71.0 Å². The van der Waals surface area contributed by atoms with E-state index in [1.807, 2.05) is 0 Å². The van der Waals surface area contributed by atoms with Gasteiger partial charge >= 0.3 is 0 Å². The fraction of sp³-hybridized carbons (Fsp3) is 1.00. The van der Waals surface area contributed by atoms with Crippen LogP contribution in [0.4, 0.5) is 0 Å². The second-order valence-corrected chi connectivity index (χ2v) is 5.27. The highest BCUT2D eigenvalue weighted by molar-refractivity contribution is 4.74. The van der Waals surface area contributed by atoms with Gasteiger partial charge in [-0.1, -0.05) is 19.3 Å². The second kappa shape index (κ2) is 6.49. The third-order valence-electron chi connectivity index (χ3n) is 4.04. The number of rotatable bonds is 4. The topological polar surface area (TPSA) is 24.1 Å². The number of nitrogens with one attached hydrogen (secondary N) is 2. The Morgan fingerprint density at radius 2 is 1.73 bits per heavy atom. The Balaban J connectivity index is 1.53. The molecular weight excluding hydrogens is 184 g/mol. The van der Waals surface area contributed by atoms with Gasteiger partial charge in [-0.15, -0.1) is 0 Å². The highest BCUT2D eigenvalue weighted by Crippen LogP contribution is 2.20. The van der Waals surface area contributed by atoms with Crippen LogP contribution in [0.2, 0.25) is 0 Å². The molecule has 2 heterocycles. The van der Waals surface area contributed by atoms with Crippen LogP contribution in [0.5, 0.6) is 0 Å². The molecule has 2 nitrogen and oxygen atoms in total. The van der Waals surface area contributed by atoms with Gasteiger partial charge in [0.1, 0.15) is 0 Å². The maximum absolute atomic E-state index is 3.64. The molecule has 2 fully saturated rings. The highest BCUT2D eigenvalue weighted by atomic mass is 14.9. The van der Waals surface area contributed by atoms with E-state index in [9.17, 15) is 0 Å². The minimum Gasteiger partial charge on any atom is -0.317 e. The van der Waals surface area contributed by atoms with E-state index < -0.39 is 0 Å². The third kappa shape index (κ3) is 4.12. The molecule has 0 aliphatic carbocycles. The Kier molecular flexibility index (Phi) is 4.94. The Bertz CT molecular complexity index is 140. The SMILES string of the molecule is C1CCC(CCCC2CCNCC2)NC1. The average Bonchev–Trinajstić information content (AvgIpc) is 2.32. The number of hydrogen-bond donors (Lipinski definition) is 2. The van der Waals surface area contributed by atoms with Gasteiger partial charge in [0, 0.05) is 6.04 Å². The van der Waals surface area contributed by atoms with E-state index in [4.69, 9.17) is 0 Å². The molecule has 0 saturated carbocycles. The summed E-state index contributed by atoms with van der Waals surface area (Å²) >= 11 is 0. The monoisotopic (exact) mass is 210 g/mol.